The van der Waals surface area contributed by atoms with Crippen LogP contribution in [0.1, 0.15) is 6.42 Å². The molecule has 5 nitrogen and oxygen atoms in total. The molecule has 0 aliphatic carbocycles. The van der Waals surface area contributed by atoms with Crippen LogP contribution in [0.2, 0.25) is 0 Å². The summed E-state index contributed by atoms with van der Waals surface area (Å²) >= 11 is 1.53. The zero-order chi connectivity index (χ0) is 12.3. The number of nitroso groups, excluding NO2 is 1. The number of nitrogens with zero attached hydrogens (tertiary/aromatic N) is 1. The van der Waals surface area contributed by atoms with Crippen LogP contribution in [0.15, 0.2) is 29.2 Å². The molecule has 0 fully saturated rings. The Labute approximate surface area is 103 Å². The number of carbonyl (C=O) groups excluding carboxylic acids is 1. The van der Waals surface area contributed by atoms with Crippen molar-refractivity contribution in [3.05, 3.63) is 29.2 Å². The second-order valence-corrected chi connectivity index (χ2v) is 4.93. The van der Waals surface area contributed by atoms with Crippen LogP contribution in [0, 0.1) is 4.91 Å². The van der Waals surface area contributed by atoms with Crippen molar-refractivity contribution in [1.29, 1.82) is 0 Å². The molecule has 1 unspecified atom stereocenters. The smallest absolute Gasteiger partial charge is 0.271 e. The summed E-state index contributed by atoms with van der Waals surface area (Å²) in [7, 11) is 0. The van der Waals surface area contributed by atoms with E-state index in [9.17, 15) is 9.70 Å². The van der Waals surface area contributed by atoms with Crippen molar-refractivity contribution >= 4 is 23.4 Å². The molecule has 1 amide bonds. The average Bonchev–Trinajstić information content (AvgIpc) is 2.67. The Balaban J connectivity index is 1.90. The highest BCUT2D eigenvalue weighted by molar-refractivity contribution is 8.00. The number of nitrogens with two attached hydrogens (primary N) is 1. The molecule has 0 saturated heterocycles. The second-order valence-electron chi connectivity index (χ2n) is 3.71. The number of fused-ring (bicyclic) bond motifs is 1. The van der Waals surface area contributed by atoms with E-state index < -0.39 is 0 Å². The first-order valence-electron chi connectivity index (χ1n) is 5.41. The molecule has 6 heteroatoms. The van der Waals surface area contributed by atoms with Crippen molar-refractivity contribution in [2.24, 2.45) is 5.73 Å². The Kier molecular flexibility index (Phi) is 3.75. The van der Waals surface area contributed by atoms with Crippen molar-refractivity contribution in [2.45, 2.75) is 16.7 Å². The van der Waals surface area contributed by atoms with Crippen molar-refractivity contribution in [1.82, 2.24) is 5.32 Å². The zero-order valence-electron chi connectivity index (χ0n) is 9.26. The van der Waals surface area contributed by atoms with E-state index in [1.54, 1.807) is 0 Å². The van der Waals surface area contributed by atoms with Crippen LogP contribution >= 0.6 is 11.8 Å². The predicted octanol–water partition coefficient (Wildman–Crippen LogP) is 0.994. The van der Waals surface area contributed by atoms with Gasteiger partial charge in [0.1, 0.15) is 0 Å². The van der Waals surface area contributed by atoms with Gasteiger partial charge in [0.15, 0.2) is 0 Å². The van der Waals surface area contributed by atoms with E-state index in [-0.39, 0.29) is 17.8 Å². The maximum Gasteiger partial charge on any atom is 0.271 e. The summed E-state index contributed by atoms with van der Waals surface area (Å²) in [6, 6.07) is 7.51. The Bertz CT molecular complexity index is 450. The topological polar surface area (TPSA) is 75.2 Å². The third-order valence-corrected chi connectivity index (χ3v) is 3.82. The minimum Gasteiger partial charge on any atom is -0.355 e. The van der Waals surface area contributed by atoms with Gasteiger partial charge >= 0.3 is 0 Å². The third-order valence-electron chi connectivity index (χ3n) is 2.53. The minimum absolute atomic E-state index is 0.0148. The summed E-state index contributed by atoms with van der Waals surface area (Å²) < 4.78 is 1.01. The van der Waals surface area contributed by atoms with Gasteiger partial charge in [0.2, 0.25) is 5.91 Å². The summed E-state index contributed by atoms with van der Waals surface area (Å²) in [6.07, 6.45) is 0.606. The minimum atomic E-state index is -0.192. The lowest BCUT2D eigenvalue weighted by Gasteiger charge is -2.03. The van der Waals surface area contributed by atoms with Gasteiger partial charge in [0.05, 0.1) is 16.2 Å². The molecular formula is C11H14N3O2S+. The quantitative estimate of drug-likeness (QED) is 0.784. The molecule has 0 aromatic heterocycles. The van der Waals surface area contributed by atoms with Crippen molar-refractivity contribution in [3.8, 4) is 0 Å². The standard InChI is InChI=1S/C11H13N3O2S/c12-7-10(15)13-6-5-11-14(16)8-3-1-2-4-9(8)17-11/h1-4,11H,5-7,12H2/p+1. The fraction of sp³-hybridized carbons (Fsp3) is 0.364. The van der Waals surface area contributed by atoms with Gasteiger partial charge in [-0.15, -0.1) is 0 Å². The van der Waals surface area contributed by atoms with E-state index in [0.29, 0.717) is 18.7 Å². The largest absolute Gasteiger partial charge is 0.355 e. The number of thioether (sulfide) groups is 1. The number of rotatable bonds is 4. The maximum absolute atomic E-state index is 11.9. The van der Waals surface area contributed by atoms with Gasteiger partial charge in [-0.25, -0.2) is 0 Å². The summed E-state index contributed by atoms with van der Waals surface area (Å²) in [5, 5.41) is 2.50. The lowest BCUT2D eigenvalue weighted by molar-refractivity contribution is -0.476. The molecule has 0 bridgehead atoms. The van der Waals surface area contributed by atoms with E-state index in [1.165, 1.54) is 11.8 Å². The molecule has 2 rings (SSSR count). The Morgan fingerprint density at radius 2 is 2.24 bits per heavy atom. The average molecular weight is 252 g/mol. The maximum atomic E-state index is 11.9. The van der Waals surface area contributed by atoms with Crippen LogP contribution in [0.4, 0.5) is 5.69 Å². The van der Waals surface area contributed by atoms with Crippen LogP contribution in [0.3, 0.4) is 0 Å². The summed E-state index contributed by atoms with van der Waals surface area (Å²) in [4.78, 5) is 23.8. The van der Waals surface area contributed by atoms with E-state index in [0.717, 1.165) is 9.66 Å². The zero-order valence-corrected chi connectivity index (χ0v) is 10.1. The van der Waals surface area contributed by atoms with E-state index in [1.807, 2.05) is 24.3 Å². The molecule has 0 spiro atoms. The van der Waals surface area contributed by atoms with Crippen molar-refractivity contribution < 1.29 is 9.55 Å². The highest BCUT2D eigenvalue weighted by atomic mass is 32.2. The van der Waals surface area contributed by atoms with Gasteiger partial charge < -0.3 is 11.1 Å². The third kappa shape index (κ3) is 2.65. The van der Waals surface area contributed by atoms with E-state index in [4.69, 9.17) is 5.73 Å². The summed E-state index contributed by atoms with van der Waals surface area (Å²) in [5.41, 5.74) is 5.89. The van der Waals surface area contributed by atoms with Crippen LogP contribution in [0.5, 0.6) is 0 Å². The van der Waals surface area contributed by atoms with Crippen LogP contribution in [-0.4, -0.2) is 29.1 Å². The first-order chi connectivity index (χ1) is 8.22. The first kappa shape index (κ1) is 12.1. The van der Waals surface area contributed by atoms with Crippen LogP contribution in [-0.2, 0) is 4.79 Å². The fourth-order valence-corrected chi connectivity index (χ4v) is 2.85. The molecule has 1 aliphatic rings. The lowest BCUT2D eigenvalue weighted by atomic mass is 10.3. The molecule has 0 saturated carbocycles. The molecular weight excluding hydrogens is 238 g/mol. The Hall–Kier alpha value is -1.40. The first-order valence-corrected chi connectivity index (χ1v) is 6.29. The highest BCUT2D eigenvalue weighted by Gasteiger charge is 2.38. The predicted molar refractivity (Wildman–Crippen MR) is 66.1 cm³/mol. The van der Waals surface area contributed by atoms with Gasteiger partial charge in [-0.1, -0.05) is 12.1 Å². The molecule has 1 aliphatic heterocycles. The number of amides is 1. The van der Waals surface area contributed by atoms with Crippen molar-refractivity contribution in [3.63, 3.8) is 0 Å². The number of benzene rings is 1. The molecule has 1 aromatic rings. The van der Waals surface area contributed by atoms with Crippen LogP contribution < -0.4 is 11.1 Å². The van der Waals surface area contributed by atoms with Gasteiger partial charge in [0.25, 0.3) is 11.1 Å². The van der Waals surface area contributed by atoms with Crippen LogP contribution in [0.25, 0.3) is 0 Å². The number of nitrogens with one attached hydrogen (secondary N) is 1. The molecule has 1 heterocycles. The highest BCUT2D eigenvalue weighted by Crippen LogP contribution is 2.42. The summed E-state index contributed by atoms with van der Waals surface area (Å²) in [5.74, 6) is -0.192. The monoisotopic (exact) mass is 252 g/mol. The number of carbonyl (C=O) groups is 1. The van der Waals surface area contributed by atoms with Gasteiger partial charge in [-0.05, 0) is 17.8 Å². The summed E-state index contributed by atoms with van der Waals surface area (Å²) in [6.45, 7) is 0.458. The molecule has 90 valence electrons. The van der Waals surface area contributed by atoms with E-state index >= 15 is 0 Å². The number of hydrogen-bond acceptors (Lipinski definition) is 4. The van der Waals surface area contributed by atoms with E-state index in [2.05, 4.69) is 5.32 Å². The van der Waals surface area contributed by atoms with Gasteiger partial charge in [-0.2, -0.15) is 0 Å². The molecule has 1 atom stereocenters. The molecule has 1 aromatic carbocycles. The fourth-order valence-electron chi connectivity index (χ4n) is 1.67. The second kappa shape index (κ2) is 5.29. The molecule has 0 radical (unpaired) electrons. The SMILES string of the molecule is NCC(=O)NCCC1Sc2ccccc2[N+]1=O. The Morgan fingerprint density at radius 3 is 2.94 bits per heavy atom. The normalized spacial score (nSPS) is 17.9. The molecule has 3 N–H and O–H groups in total. The van der Waals surface area contributed by atoms with Gasteiger partial charge in [0, 0.05) is 23.9 Å². The molecule has 17 heavy (non-hydrogen) atoms. The van der Waals surface area contributed by atoms with Crippen molar-refractivity contribution in [2.75, 3.05) is 13.1 Å². The van der Waals surface area contributed by atoms with Gasteiger partial charge in [-0.3, -0.25) is 4.79 Å². The number of para-hydroxylation sites is 1. The Morgan fingerprint density at radius 1 is 1.47 bits per heavy atom. The lowest BCUT2D eigenvalue weighted by Crippen LogP contribution is -2.32. The number of hydrogen-bond donors (Lipinski definition) is 2.